The summed E-state index contributed by atoms with van der Waals surface area (Å²) in [6.07, 6.45) is -5.86. The van der Waals surface area contributed by atoms with Crippen molar-refractivity contribution in [2.24, 2.45) is 0 Å². The van der Waals surface area contributed by atoms with Crippen molar-refractivity contribution in [3.63, 3.8) is 0 Å². The minimum absolute atomic E-state index is 0.108. The standard InChI is InChI=1S/C16H12BrF3N2O4/c1-25-14(23)10-7-11(17)12(16(18,19)20)21-13(10)22-15(24)26-8-9-5-3-2-4-6-9/h2-7H,8H2,1H3,(H,21,22,24). The van der Waals surface area contributed by atoms with Crippen molar-refractivity contribution >= 4 is 33.8 Å². The number of hydrogen-bond acceptors (Lipinski definition) is 5. The molecule has 0 unspecified atom stereocenters. The van der Waals surface area contributed by atoms with E-state index in [-0.39, 0.29) is 12.2 Å². The Morgan fingerprint density at radius 1 is 1.23 bits per heavy atom. The van der Waals surface area contributed by atoms with E-state index in [0.717, 1.165) is 13.2 Å². The zero-order valence-electron chi connectivity index (χ0n) is 13.3. The topological polar surface area (TPSA) is 77.5 Å². The summed E-state index contributed by atoms with van der Waals surface area (Å²) >= 11 is 2.71. The Morgan fingerprint density at radius 2 is 1.88 bits per heavy atom. The van der Waals surface area contributed by atoms with Crippen molar-refractivity contribution in [1.82, 2.24) is 4.98 Å². The van der Waals surface area contributed by atoms with Crippen LogP contribution in [0.25, 0.3) is 0 Å². The molecule has 10 heteroatoms. The predicted molar refractivity (Wildman–Crippen MR) is 88.5 cm³/mol. The zero-order valence-corrected chi connectivity index (χ0v) is 14.8. The average molecular weight is 433 g/mol. The van der Waals surface area contributed by atoms with Gasteiger partial charge in [-0.05, 0) is 27.6 Å². The number of alkyl halides is 3. The number of halogens is 4. The van der Waals surface area contributed by atoms with Gasteiger partial charge < -0.3 is 9.47 Å². The zero-order chi connectivity index (χ0) is 19.3. The van der Waals surface area contributed by atoms with Gasteiger partial charge in [-0.1, -0.05) is 30.3 Å². The van der Waals surface area contributed by atoms with Crippen molar-refractivity contribution in [2.45, 2.75) is 12.8 Å². The van der Waals surface area contributed by atoms with Crippen LogP contribution in [0.3, 0.4) is 0 Å². The highest BCUT2D eigenvalue weighted by molar-refractivity contribution is 9.10. The number of carbonyl (C=O) groups excluding carboxylic acids is 2. The smallest absolute Gasteiger partial charge is 0.434 e. The summed E-state index contributed by atoms with van der Waals surface area (Å²) in [5.41, 5.74) is -0.983. The maximum Gasteiger partial charge on any atom is 0.434 e. The number of aromatic nitrogens is 1. The van der Waals surface area contributed by atoms with Gasteiger partial charge >= 0.3 is 18.2 Å². The molecule has 0 aliphatic carbocycles. The van der Waals surface area contributed by atoms with Crippen LogP contribution in [0, 0.1) is 0 Å². The number of nitrogens with one attached hydrogen (secondary N) is 1. The fourth-order valence-electron chi connectivity index (χ4n) is 1.90. The second-order valence-electron chi connectivity index (χ2n) is 4.89. The first-order valence-corrected chi connectivity index (χ1v) is 7.85. The molecule has 0 fully saturated rings. The fraction of sp³-hybridized carbons (Fsp3) is 0.188. The van der Waals surface area contributed by atoms with Crippen molar-refractivity contribution < 1.29 is 32.2 Å². The Labute approximate surface area is 154 Å². The van der Waals surface area contributed by atoms with Crippen LogP contribution in [-0.2, 0) is 22.3 Å². The summed E-state index contributed by atoms with van der Waals surface area (Å²) < 4.78 is 47.9. The molecule has 1 amide bonds. The summed E-state index contributed by atoms with van der Waals surface area (Å²) in [4.78, 5) is 27.0. The number of nitrogens with zero attached hydrogens (tertiary/aromatic N) is 1. The lowest BCUT2D eigenvalue weighted by Crippen LogP contribution is -2.20. The number of ether oxygens (including phenoxy) is 2. The number of rotatable bonds is 4. The molecular weight excluding hydrogens is 421 g/mol. The number of esters is 1. The minimum Gasteiger partial charge on any atom is -0.465 e. The Balaban J connectivity index is 2.25. The first-order valence-electron chi connectivity index (χ1n) is 7.06. The Bertz CT molecular complexity index is 813. The van der Waals surface area contributed by atoms with Crippen LogP contribution in [0.5, 0.6) is 0 Å². The Morgan fingerprint density at radius 3 is 2.46 bits per heavy atom. The quantitative estimate of drug-likeness (QED) is 0.724. The van der Waals surface area contributed by atoms with Gasteiger partial charge in [0, 0.05) is 4.47 Å². The summed E-state index contributed by atoms with van der Waals surface area (Å²) in [5, 5.41) is 2.04. The maximum absolute atomic E-state index is 13.0. The molecule has 138 valence electrons. The first-order chi connectivity index (χ1) is 12.2. The van der Waals surface area contributed by atoms with Crippen LogP contribution in [0.4, 0.5) is 23.8 Å². The molecule has 0 saturated carbocycles. The largest absolute Gasteiger partial charge is 0.465 e. The molecule has 1 N–H and O–H groups in total. The minimum atomic E-state index is -4.79. The summed E-state index contributed by atoms with van der Waals surface area (Å²) in [6.45, 7) is -0.108. The number of benzene rings is 1. The van der Waals surface area contributed by atoms with Gasteiger partial charge in [-0.25, -0.2) is 14.6 Å². The number of amides is 1. The van der Waals surface area contributed by atoms with Gasteiger partial charge in [0.05, 0.1) is 7.11 Å². The molecule has 1 aromatic heterocycles. The summed E-state index contributed by atoms with van der Waals surface area (Å²) in [7, 11) is 1.05. The molecule has 0 aliphatic heterocycles. The number of pyridine rings is 1. The number of hydrogen-bond donors (Lipinski definition) is 1. The van der Waals surface area contributed by atoms with Crippen molar-refractivity contribution in [1.29, 1.82) is 0 Å². The normalized spacial score (nSPS) is 11.0. The number of carbonyl (C=O) groups is 2. The van der Waals surface area contributed by atoms with Crippen LogP contribution in [0.1, 0.15) is 21.6 Å². The van der Waals surface area contributed by atoms with Gasteiger partial charge in [0.1, 0.15) is 12.2 Å². The van der Waals surface area contributed by atoms with Crippen LogP contribution < -0.4 is 5.32 Å². The summed E-state index contributed by atoms with van der Waals surface area (Å²) in [6, 6.07) is 9.51. The second kappa shape index (κ2) is 8.17. The van der Waals surface area contributed by atoms with Gasteiger partial charge in [-0.3, -0.25) is 5.32 Å². The third-order valence-electron chi connectivity index (χ3n) is 3.08. The molecule has 2 aromatic rings. The lowest BCUT2D eigenvalue weighted by atomic mass is 10.2. The van der Waals surface area contributed by atoms with Crippen molar-refractivity contribution in [2.75, 3.05) is 12.4 Å². The van der Waals surface area contributed by atoms with Crippen molar-refractivity contribution in [3.8, 4) is 0 Å². The van der Waals surface area contributed by atoms with Gasteiger partial charge in [-0.2, -0.15) is 13.2 Å². The van der Waals surface area contributed by atoms with Crippen molar-refractivity contribution in [3.05, 3.63) is 57.7 Å². The lowest BCUT2D eigenvalue weighted by Gasteiger charge is -2.14. The highest BCUT2D eigenvalue weighted by Crippen LogP contribution is 2.35. The third kappa shape index (κ3) is 4.94. The van der Waals surface area contributed by atoms with Gasteiger partial charge in [0.2, 0.25) is 0 Å². The molecule has 0 atom stereocenters. The molecule has 0 spiro atoms. The predicted octanol–water partition coefficient (Wildman–Crippen LogP) is 4.40. The Hall–Kier alpha value is -2.62. The highest BCUT2D eigenvalue weighted by atomic mass is 79.9. The van der Waals surface area contributed by atoms with E-state index in [0.29, 0.717) is 5.56 Å². The third-order valence-corrected chi connectivity index (χ3v) is 3.69. The molecule has 1 aromatic carbocycles. The van der Waals surface area contributed by atoms with E-state index in [1.54, 1.807) is 30.3 Å². The maximum atomic E-state index is 13.0. The van der Waals surface area contributed by atoms with Crippen LogP contribution >= 0.6 is 15.9 Å². The van der Waals surface area contributed by atoms with E-state index in [4.69, 9.17) is 4.74 Å². The van der Waals surface area contributed by atoms with E-state index < -0.39 is 34.2 Å². The highest BCUT2D eigenvalue weighted by Gasteiger charge is 2.37. The molecule has 2 rings (SSSR count). The molecule has 1 heterocycles. The monoisotopic (exact) mass is 432 g/mol. The second-order valence-corrected chi connectivity index (χ2v) is 5.75. The molecular formula is C16H12BrF3N2O4. The van der Waals surface area contributed by atoms with E-state index >= 15 is 0 Å². The van der Waals surface area contributed by atoms with E-state index in [9.17, 15) is 22.8 Å². The molecule has 0 saturated heterocycles. The van der Waals surface area contributed by atoms with Crippen LogP contribution in [0.15, 0.2) is 40.9 Å². The number of anilines is 1. The molecule has 0 radical (unpaired) electrons. The lowest BCUT2D eigenvalue weighted by molar-refractivity contribution is -0.141. The van der Waals surface area contributed by atoms with Gasteiger partial charge in [0.15, 0.2) is 11.5 Å². The number of methoxy groups -OCH3 is 1. The van der Waals surface area contributed by atoms with Crippen LogP contribution in [0.2, 0.25) is 0 Å². The first kappa shape index (κ1) is 19.7. The Kier molecular flexibility index (Phi) is 6.19. The molecule has 6 nitrogen and oxygen atoms in total. The molecule has 0 aliphatic rings. The van der Waals surface area contributed by atoms with E-state index in [1.165, 1.54) is 0 Å². The van der Waals surface area contributed by atoms with E-state index in [1.807, 2.05) is 5.32 Å². The fourth-order valence-corrected chi connectivity index (χ4v) is 2.45. The average Bonchev–Trinajstić information content (AvgIpc) is 2.60. The molecule has 0 bridgehead atoms. The molecule has 26 heavy (non-hydrogen) atoms. The van der Waals surface area contributed by atoms with Gasteiger partial charge in [0.25, 0.3) is 0 Å². The van der Waals surface area contributed by atoms with Gasteiger partial charge in [-0.15, -0.1) is 0 Å². The van der Waals surface area contributed by atoms with E-state index in [2.05, 4.69) is 25.7 Å². The SMILES string of the molecule is COC(=O)c1cc(Br)c(C(F)(F)F)nc1NC(=O)OCc1ccccc1. The summed E-state index contributed by atoms with van der Waals surface area (Å²) in [5.74, 6) is -1.59. The van der Waals surface area contributed by atoms with Crippen LogP contribution in [-0.4, -0.2) is 24.2 Å².